The lowest BCUT2D eigenvalue weighted by Gasteiger charge is -2.21. The highest BCUT2D eigenvalue weighted by Crippen LogP contribution is 2.49. The van der Waals surface area contributed by atoms with Gasteiger partial charge in [-0.25, -0.2) is 8.42 Å². The minimum absolute atomic E-state index is 0.00766. The van der Waals surface area contributed by atoms with E-state index in [9.17, 15) is 13.2 Å². The molecular formula is C19H26N2O3S. The summed E-state index contributed by atoms with van der Waals surface area (Å²) in [4.78, 5) is 12.7. The number of carbonyl (C=O) groups is 1. The first kappa shape index (κ1) is 17.0. The molecule has 1 saturated heterocycles. The molecule has 3 fully saturated rings. The molecule has 0 aromatic heterocycles. The van der Waals surface area contributed by atoms with Gasteiger partial charge in [0.05, 0.1) is 4.90 Å². The SMILES string of the molecule is O=C(C[C@H]1C[C@@H]2CC[C@@H]1C2)Nc1cccc(S(=O)(=O)N2CCCC2)c1. The molecule has 1 aliphatic heterocycles. The van der Waals surface area contributed by atoms with E-state index in [0.29, 0.717) is 31.1 Å². The molecule has 25 heavy (non-hydrogen) atoms. The molecule has 3 atom stereocenters. The molecule has 1 amide bonds. The summed E-state index contributed by atoms with van der Waals surface area (Å²) in [6.07, 6.45) is 7.47. The Morgan fingerprint density at radius 3 is 2.64 bits per heavy atom. The van der Waals surface area contributed by atoms with Crippen LogP contribution in [0.4, 0.5) is 5.69 Å². The van der Waals surface area contributed by atoms with Crippen LogP contribution in [-0.2, 0) is 14.8 Å². The topological polar surface area (TPSA) is 66.5 Å². The number of carbonyl (C=O) groups excluding carboxylic acids is 1. The Hall–Kier alpha value is -1.40. The van der Waals surface area contributed by atoms with Crippen molar-refractivity contribution in [2.24, 2.45) is 17.8 Å². The quantitative estimate of drug-likeness (QED) is 0.874. The van der Waals surface area contributed by atoms with Gasteiger partial charge in [0.15, 0.2) is 0 Å². The number of benzene rings is 1. The Balaban J connectivity index is 1.42. The molecule has 4 rings (SSSR count). The number of amides is 1. The maximum absolute atomic E-state index is 12.7. The lowest BCUT2D eigenvalue weighted by molar-refractivity contribution is -0.117. The number of nitrogens with zero attached hydrogens (tertiary/aromatic N) is 1. The number of rotatable bonds is 5. The lowest BCUT2D eigenvalue weighted by Crippen LogP contribution is -2.28. The molecule has 136 valence electrons. The highest BCUT2D eigenvalue weighted by atomic mass is 32.2. The van der Waals surface area contributed by atoms with E-state index in [4.69, 9.17) is 0 Å². The molecule has 3 aliphatic rings. The number of anilines is 1. The minimum atomic E-state index is -3.44. The Kier molecular flexibility index (Phi) is 4.58. The first-order chi connectivity index (χ1) is 12.0. The van der Waals surface area contributed by atoms with E-state index in [0.717, 1.165) is 24.7 Å². The molecule has 1 N–H and O–H groups in total. The van der Waals surface area contributed by atoms with Crippen molar-refractivity contribution < 1.29 is 13.2 Å². The van der Waals surface area contributed by atoms with Crippen molar-refractivity contribution in [3.63, 3.8) is 0 Å². The third kappa shape index (κ3) is 3.47. The summed E-state index contributed by atoms with van der Waals surface area (Å²) >= 11 is 0. The highest BCUT2D eigenvalue weighted by molar-refractivity contribution is 7.89. The Labute approximate surface area is 149 Å². The van der Waals surface area contributed by atoms with Crippen molar-refractivity contribution in [1.82, 2.24) is 4.31 Å². The predicted octanol–water partition coefficient (Wildman–Crippen LogP) is 3.24. The molecule has 0 radical (unpaired) electrons. The van der Waals surface area contributed by atoms with Crippen molar-refractivity contribution in [3.05, 3.63) is 24.3 Å². The van der Waals surface area contributed by atoms with Gasteiger partial charge in [0, 0.05) is 25.2 Å². The van der Waals surface area contributed by atoms with Gasteiger partial charge in [-0.05, 0) is 68.1 Å². The van der Waals surface area contributed by atoms with Crippen LogP contribution in [-0.4, -0.2) is 31.7 Å². The van der Waals surface area contributed by atoms with Crippen LogP contribution in [0.25, 0.3) is 0 Å². The van der Waals surface area contributed by atoms with Crippen LogP contribution in [0.1, 0.15) is 44.9 Å². The summed E-state index contributed by atoms with van der Waals surface area (Å²) in [5.41, 5.74) is 0.577. The number of nitrogens with one attached hydrogen (secondary N) is 1. The van der Waals surface area contributed by atoms with Gasteiger partial charge in [0.25, 0.3) is 0 Å². The fourth-order valence-corrected chi connectivity index (χ4v) is 6.45. The van der Waals surface area contributed by atoms with Crippen molar-refractivity contribution in [3.8, 4) is 0 Å². The summed E-state index contributed by atoms with van der Waals surface area (Å²) in [7, 11) is -3.44. The Bertz CT molecular complexity index is 756. The van der Waals surface area contributed by atoms with E-state index in [1.54, 1.807) is 24.3 Å². The second-order valence-electron chi connectivity index (χ2n) is 7.83. The third-order valence-corrected chi connectivity index (χ3v) is 8.05. The van der Waals surface area contributed by atoms with E-state index in [2.05, 4.69) is 5.32 Å². The van der Waals surface area contributed by atoms with E-state index in [1.165, 1.54) is 30.0 Å². The van der Waals surface area contributed by atoms with Crippen LogP contribution in [0.15, 0.2) is 29.2 Å². The first-order valence-corrected chi connectivity index (χ1v) is 10.9. The van der Waals surface area contributed by atoms with Gasteiger partial charge in [-0.2, -0.15) is 4.31 Å². The van der Waals surface area contributed by atoms with E-state index in [1.807, 2.05) is 0 Å². The molecule has 0 spiro atoms. The molecule has 5 nitrogen and oxygen atoms in total. The third-order valence-electron chi connectivity index (χ3n) is 6.15. The van der Waals surface area contributed by atoms with E-state index in [-0.39, 0.29) is 10.8 Å². The molecule has 0 unspecified atom stereocenters. The summed E-state index contributed by atoms with van der Waals surface area (Å²) in [6, 6.07) is 6.67. The smallest absolute Gasteiger partial charge is 0.243 e. The molecule has 2 saturated carbocycles. The summed E-state index contributed by atoms with van der Waals surface area (Å²) in [5.74, 6) is 2.07. The molecule has 1 aromatic carbocycles. The fourth-order valence-electron chi connectivity index (χ4n) is 4.89. The number of sulfonamides is 1. The van der Waals surface area contributed by atoms with Crippen molar-refractivity contribution in [2.45, 2.75) is 49.8 Å². The van der Waals surface area contributed by atoms with Gasteiger partial charge < -0.3 is 5.32 Å². The van der Waals surface area contributed by atoms with Crippen LogP contribution >= 0.6 is 0 Å². The molecular weight excluding hydrogens is 336 g/mol. The van der Waals surface area contributed by atoms with Gasteiger partial charge in [-0.15, -0.1) is 0 Å². The Morgan fingerprint density at radius 1 is 1.16 bits per heavy atom. The van der Waals surface area contributed by atoms with Gasteiger partial charge in [-0.3, -0.25) is 4.79 Å². The number of fused-ring (bicyclic) bond motifs is 2. The first-order valence-electron chi connectivity index (χ1n) is 9.42. The van der Waals surface area contributed by atoms with E-state index < -0.39 is 10.0 Å². The van der Waals surface area contributed by atoms with Gasteiger partial charge >= 0.3 is 0 Å². The predicted molar refractivity (Wildman–Crippen MR) is 96.6 cm³/mol. The van der Waals surface area contributed by atoms with Gasteiger partial charge in [0.1, 0.15) is 0 Å². The Morgan fingerprint density at radius 2 is 1.96 bits per heavy atom. The molecule has 1 aromatic rings. The average Bonchev–Trinajstić information content (AvgIpc) is 3.33. The maximum Gasteiger partial charge on any atom is 0.243 e. The zero-order valence-corrected chi connectivity index (χ0v) is 15.3. The summed E-state index contributed by atoms with van der Waals surface area (Å²) < 4.78 is 26.8. The van der Waals surface area contributed by atoms with Gasteiger partial charge in [0.2, 0.25) is 15.9 Å². The largest absolute Gasteiger partial charge is 0.326 e. The van der Waals surface area contributed by atoms with Crippen LogP contribution in [0.2, 0.25) is 0 Å². The second kappa shape index (κ2) is 6.72. The molecule has 1 heterocycles. The van der Waals surface area contributed by atoms with Crippen LogP contribution in [0.5, 0.6) is 0 Å². The van der Waals surface area contributed by atoms with Crippen LogP contribution < -0.4 is 5.32 Å². The monoisotopic (exact) mass is 362 g/mol. The number of hydrogen-bond acceptors (Lipinski definition) is 3. The van der Waals surface area contributed by atoms with Gasteiger partial charge in [-0.1, -0.05) is 12.5 Å². The lowest BCUT2D eigenvalue weighted by atomic mass is 9.86. The van der Waals surface area contributed by atoms with Crippen molar-refractivity contribution in [2.75, 3.05) is 18.4 Å². The zero-order chi connectivity index (χ0) is 17.4. The average molecular weight is 362 g/mol. The van der Waals surface area contributed by atoms with Crippen LogP contribution in [0, 0.1) is 17.8 Å². The fraction of sp³-hybridized carbons (Fsp3) is 0.632. The zero-order valence-electron chi connectivity index (χ0n) is 14.5. The second-order valence-corrected chi connectivity index (χ2v) is 9.76. The maximum atomic E-state index is 12.7. The van der Waals surface area contributed by atoms with E-state index >= 15 is 0 Å². The summed E-state index contributed by atoms with van der Waals surface area (Å²) in [5, 5.41) is 2.91. The van der Waals surface area contributed by atoms with Crippen molar-refractivity contribution >= 4 is 21.6 Å². The van der Waals surface area contributed by atoms with Crippen molar-refractivity contribution in [1.29, 1.82) is 0 Å². The highest BCUT2D eigenvalue weighted by Gasteiger charge is 2.40. The number of hydrogen-bond donors (Lipinski definition) is 1. The minimum Gasteiger partial charge on any atom is -0.326 e. The molecule has 2 aliphatic carbocycles. The molecule has 2 bridgehead atoms. The van der Waals surface area contributed by atoms with Crippen LogP contribution in [0.3, 0.4) is 0 Å². The standard InChI is InChI=1S/C19H26N2O3S/c22-19(12-16-11-14-6-7-15(16)10-14)20-17-4-3-5-18(13-17)25(23,24)21-8-1-2-9-21/h3-5,13-16H,1-2,6-12H2,(H,20,22)/t14-,15-,16-/m1/s1. The normalized spacial score (nSPS) is 29.2. The molecule has 6 heteroatoms. The summed E-state index contributed by atoms with van der Waals surface area (Å²) in [6.45, 7) is 1.17.